The molecule has 1 aromatic heterocycles. The maximum absolute atomic E-state index is 13.2. The van der Waals surface area contributed by atoms with Gasteiger partial charge < -0.3 is 0 Å². The van der Waals surface area contributed by atoms with E-state index >= 15 is 0 Å². The lowest BCUT2D eigenvalue weighted by molar-refractivity contribution is -0.190. The van der Waals surface area contributed by atoms with Crippen molar-refractivity contribution < 1.29 is 13.2 Å². The molecule has 1 aliphatic rings. The van der Waals surface area contributed by atoms with Gasteiger partial charge in [-0.15, -0.1) is 0 Å². The third kappa shape index (κ3) is 1.70. The van der Waals surface area contributed by atoms with Crippen LogP contribution in [-0.4, -0.2) is 11.2 Å². The van der Waals surface area contributed by atoms with Gasteiger partial charge >= 0.3 is 6.18 Å². The smallest absolute Gasteiger partial charge is 0.260 e. The summed E-state index contributed by atoms with van der Waals surface area (Å²) in [7, 11) is 0. The second-order valence-corrected chi connectivity index (χ2v) is 4.51. The van der Waals surface area contributed by atoms with E-state index in [1.54, 1.807) is 19.1 Å². The second-order valence-electron chi connectivity index (χ2n) is 4.51. The van der Waals surface area contributed by atoms with Crippen molar-refractivity contribution in [1.82, 2.24) is 4.98 Å². The van der Waals surface area contributed by atoms with E-state index < -0.39 is 11.6 Å². The molecular formula is C12H14F3N. The summed E-state index contributed by atoms with van der Waals surface area (Å²) in [6.07, 6.45) is -1.11. The van der Waals surface area contributed by atoms with Gasteiger partial charge in [0, 0.05) is 6.20 Å². The lowest BCUT2D eigenvalue weighted by Crippen LogP contribution is -2.40. The summed E-state index contributed by atoms with van der Waals surface area (Å²) >= 11 is 0. The zero-order valence-corrected chi connectivity index (χ0v) is 9.14. The topological polar surface area (TPSA) is 12.9 Å². The van der Waals surface area contributed by atoms with Gasteiger partial charge in [-0.05, 0) is 37.5 Å². The fourth-order valence-electron chi connectivity index (χ4n) is 2.46. The fourth-order valence-corrected chi connectivity index (χ4v) is 2.46. The summed E-state index contributed by atoms with van der Waals surface area (Å²) < 4.78 is 39.6. The van der Waals surface area contributed by atoms with Gasteiger partial charge in [0.05, 0.1) is 5.69 Å². The van der Waals surface area contributed by atoms with Gasteiger partial charge in [-0.2, -0.15) is 13.2 Å². The van der Waals surface area contributed by atoms with Crippen molar-refractivity contribution in [2.24, 2.45) is 0 Å². The van der Waals surface area contributed by atoms with Crippen molar-refractivity contribution >= 4 is 0 Å². The first-order valence-electron chi connectivity index (χ1n) is 5.46. The number of hydrogen-bond acceptors (Lipinski definition) is 1. The number of rotatable bonds is 1. The van der Waals surface area contributed by atoms with Crippen molar-refractivity contribution in [3.8, 4) is 0 Å². The molecule has 1 fully saturated rings. The largest absolute Gasteiger partial charge is 0.399 e. The molecule has 0 atom stereocenters. The molecule has 0 unspecified atom stereocenters. The van der Waals surface area contributed by atoms with Crippen LogP contribution in [0.25, 0.3) is 0 Å². The molecule has 2 rings (SSSR count). The van der Waals surface area contributed by atoms with Crippen molar-refractivity contribution in [3.63, 3.8) is 0 Å². The lowest BCUT2D eigenvalue weighted by atomic mass is 9.81. The highest BCUT2D eigenvalue weighted by Gasteiger charge is 2.57. The zero-order valence-electron chi connectivity index (χ0n) is 9.14. The number of pyridine rings is 1. The van der Waals surface area contributed by atoms with E-state index in [1.165, 1.54) is 6.20 Å². The fraction of sp³-hybridized carbons (Fsp3) is 0.583. The number of aromatic nitrogens is 1. The second kappa shape index (κ2) is 3.75. The van der Waals surface area contributed by atoms with Crippen molar-refractivity contribution in [1.29, 1.82) is 0 Å². The Labute approximate surface area is 92.7 Å². The van der Waals surface area contributed by atoms with Crippen LogP contribution in [0, 0.1) is 6.92 Å². The van der Waals surface area contributed by atoms with E-state index in [1.807, 2.05) is 0 Å². The number of nitrogens with zero attached hydrogens (tertiary/aromatic N) is 1. The van der Waals surface area contributed by atoms with E-state index in [0.29, 0.717) is 12.8 Å². The Morgan fingerprint density at radius 1 is 1.25 bits per heavy atom. The SMILES string of the molecule is Cc1ccnc(C2(C(F)(F)F)CCCC2)c1. The summed E-state index contributed by atoms with van der Waals surface area (Å²) in [6.45, 7) is 1.80. The van der Waals surface area contributed by atoms with Gasteiger partial charge in [0.15, 0.2) is 0 Å². The summed E-state index contributed by atoms with van der Waals surface area (Å²) in [5, 5.41) is 0. The van der Waals surface area contributed by atoms with Crippen molar-refractivity contribution in [3.05, 3.63) is 29.6 Å². The Morgan fingerprint density at radius 2 is 1.88 bits per heavy atom. The maximum Gasteiger partial charge on any atom is 0.399 e. The third-order valence-corrected chi connectivity index (χ3v) is 3.41. The van der Waals surface area contributed by atoms with Crippen LogP contribution in [-0.2, 0) is 5.41 Å². The first-order chi connectivity index (χ1) is 7.46. The van der Waals surface area contributed by atoms with Gasteiger partial charge in [0.2, 0.25) is 0 Å². The molecule has 0 radical (unpaired) electrons. The Morgan fingerprint density at radius 3 is 2.38 bits per heavy atom. The van der Waals surface area contributed by atoms with Gasteiger partial charge in [0.1, 0.15) is 5.41 Å². The molecule has 1 aromatic rings. The van der Waals surface area contributed by atoms with Crippen molar-refractivity contribution in [2.75, 3.05) is 0 Å². The molecule has 1 aliphatic carbocycles. The average Bonchev–Trinajstić information content (AvgIpc) is 2.66. The molecule has 0 saturated heterocycles. The summed E-state index contributed by atoms with van der Waals surface area (Å²) in [5.74, 6) is 0. The highest BCUT2D eigenvalue weighted by molar-refractivity contribution is 5.25. The van der Waals surface area contributed by atoms with Crippen LogP contribution < -0.4 is 0 Å². The normalized spacial score (nSPS) is 20.0. The monoisotopic (exact) mass is 229 g/mol. The first-order valence-corrected chi connectivity index (χ1v) is 5.46. The van der Waals surface area contributed by atoms with E-state index in [2.05, 4.69) is 4.98 Å². The van der Waals surface area contributed by atoms with Crippen LogP contribution in [0.1, 0.15) is 36.9 Å². The maximum atomic E-state index is 13.2. The van der Waals surface area contributed by atoms with Crippen LogP contribution in [0.4, 0.5) is 13.2 Å². The Hall–Kier alpha value is -1.06. The Balaban J connectivity index is 2.48. The summed E-state index contributed by atoms with van der Waals surface area (Å²) in [4.78, 5) is 3.94. The van der Waals surface area contributed by atoms with Crippen LogP contribution in [0.5, 0.6) is 0 Å². The van der Waals surface area contributed by atoms with Gasteiger partial charge in [0.25, 0.3) is 0 Å². The molecule has 1 nitrogen and oxygen atoms in total. The summed E-state index contributed by atoms with van der Waals surface area (Å²) in [5.41, 5.74) is -0.669. The molecule has 0 N–H and O–H groups in total. The third-order valence-electron chi connectivity index (χ3n) is 3.41. The minimum atomic E-state index is -4.19. The average molecular weight is 229 g/mol. The highest BCUT2D eigenvalue weighted by atomic mass is 19.4. The highest BCUT2D eigenvalue weighted by Crippen LogP contribution is 2.51. The molecule has 0 amide bonds. The minimum absolute atomic E-state index is 0.174. The van der Waals surface area contributed by atoms with Gasteiger partial charge in [-0.3, -0.25) is 4.98 Å². The molecule has 0 spiro atoms. The van der Waals surface area contributed by atoms with E-state index in [4.69, 9.17) is 0 Å². The van der Waals surface area contributed by atoms with E-state index in [9.17, 15) is 13.2 Å². The molecular weight excluding hydrogens is 215 g/mol. The number of hydrogen-bond donors (Lipinski definition) is 0. The van der Waals surface area contributed by atoms with Crippen LogP contribution >= 0.6 is 0 Å². The molecule has 0 aliphatic heterocycles. The molecule has 0 aromatic carbocycles. The number of alkyl halides is 3. The van der Waals surface area contributed by atoms with Crippen molar-refractivity contribution in [2.45, 2.75) is 44.2 Å². The molecule has 1 saturated carbocycles. The Kier molecular flexibility index (Phi) is 2.68. The van der Waals surface area contributed by atoms with Crippen LogP contribution in [0.3, 0.4) is 0 Å². The molecule has 1 heterocycles. The standard InChI is InChI=1S/C12H14F3N/c1-9-4-7-16-10(8-9)11(12(13,14)15)5-2-3-6-11/h4,7-8H,2-3,5-6H2,1H3. The molecule has 16 heavy (non-hydrogen) atoms. The number of halogens is 3. The predicted octanol–water partition coefficient (Wildman–Crippen LogP) is 3.76. The summed E-state index contributed by atoms with van der Waals surface area (Å²) in [6, 6.07) is 3.29. The predicted molar refractivity (Wildman–Crippen MR) is 55.2 cm³/mol. The lowest BCUT2D eigenvalue weighted by Gasteiger charge is -2.31. The van der Waals surface area contributed by atoms with E-state index in [0.717, 1.165) is 5.56 Å². The zero-order chi connectivity index (χ0) is 11.8. The Bertz CT molecular complexity index is 378. The quantitative estimate of drug-likeness (QED) is 0.714. The first kappa shape index (κ1) is 11.4. The van der Waals surface area contributed by atoms with E-state index in [-0.39, 0.29) is 18.5 Å². The van der Waals surface area contributed by atoms with Gasteiger partial charge in [-0.25, -0.2) is 0 Å². The minimum Gasteiger partial charge on any atom is -0.260 e. The molecule has 4 heteroatoms. The molecule has 88 valence electrons. The van der Waals surface area contributed by atoms with Crippen LogP contribution in [0.15, 0.2) is 18.3 Å². The van der Waals surface area contributed by atoms with Gasteiger partial charge in [-0.1, -0.05) is 12.8 Å². The van der Waals surface area contributed by atoms with Crippen LogP contribution in [0.2, 0.25) is 0 Å². The molecule has 0 bridgehead atoms. The number of aryl methyl sites for hydroxylation is 1.